The minimum Gasteiger partial charge on any atom is -0.496 e. The summed E-state index contributed by atoms with van der Waals surface area (Å²) in [6, 6.07) is 9.78. The van der Waals surface area contributed by atoms with Crippen molar-refractivity contribution in [3.63, 3.8) is 0 Å². The number of pyridine rings is 1. The molecule has 148 valence electrons. The molecule has 1 saturated heterocycles. The third-order valence-corrected chi connectivity index (χ3v) is 4.53. The quantitative estimate of drug-likeness (QED) is 0.749. The molecule has 0 radical (unpaired) electrons. The second-order valence-corrected chi connectivity index (χ2v) is 6.29. The first-order chi connectivity index (χ1) is 13.4. The summed E-state index contributed by atoms with van der Waals surface area (Å²) in [5, 5.41) is 0. The number of carbonyl (C=O) groups excluding carboxylic acids is 1. The van der Waals surface area contributed by atoms with E-state index in [0.717, 1.165) is 17.8 Å². The van der Waals surface area contributed by atoms with Gasteiger partial charge < -0.3 is 14.5 Å². The normalized spacial score (nSPS) is 15.1. The van der Waals surface area contributed by atoms with E-state index in [-0.39, 0.29) is 5.91 Å². The van der Waals surface area contributed by atoms with E-state index < -0.39 is 11.7 Å². The van der Waals surface area contributed by atoms with E-state index in [9.17, 15) is 18.0 Å². The molecule has 0 aliphatic carbocycles. The van der Waals surface area contributed by atoms with Gasteiger partial charge in [0.1, 0.15) is 11.6 Å². The third kappa shape index (κ3) is 4.62. The molecule has 2 aromatic rings. The molecule has 5 nitrogen and oxygen atoms in total. The number of para-hydroxylation sites is 1. The van der Waals surface area contributed by atoms with Crippen molar-refractivity contribution in [3.05, 3.63) is 59.8 Å². The van der Waals surface area contributed by atoms with Gasteiger partial charge in [-0.25, -0.2) is 4.98 Å². The first kappa shape index (κ1) is 19.7. The van der Waals surface area contributed by atoms with Crippen LogP contribution in [0.1, 0.15) is 11.1 Å². The molecule has 3 rings (SSSR count). The van der Waals surface area contributed by atoms with Crippen molar-refractivity contribution < 1.29 is 22.7 Å². The maximum absolute atomic E-state index is 12.6. The van der Waals surface area contributed by atoms with E-state index in [4.69, 9.17) is 4.74 Å². The average molecular weight is 391 g/mol. The van der Waals surface area contributed by atoms with Crippen LogP contribution >= 0.6 is 0 Å². The molecule has 0 saturated carbocycles. The minimum atomic E-state index is -4.40. The fraction of sp³-hybridized carbons (Fsp3) is 0.300. The maximum Gasteiger partial charge on any atom is 0.417 e. The van der Waals surface area contributed by atoms with Gasteiger partial charge in [0.05, 0.1) is 12.7 Å². The van der Waals surface area contributed by atoms with Crippen LogP contribution in [-0.2, 0) is 11.0 Å². The zero-order valence-electron chi connectivity index (χ0n) is 15.3. The van der Waals surface area contributed by atoms with E-state index in [2.05, 4.69) is 4.98 Å². The lowest BCUT2D eigenvalue weighted by Gasteiger charge is -2.35. The Morgan fingerprint density at radius 3 is 2.43 bits per heavy atom. The number of amides is 1. The molecule has 0 bridgehead atoms. The lowest BCUT2D eigenvalue weighted by molar-refractivity contribution is -0.137. The third-order valence-electron chi connectivity index (χ3n) is 4.53. The summed E-state index contributed by atoms with van der Waals surface area (Å²) in [7, 11) is 1.57. The Kier molecular flexibility index (Phi) is 5.87. The second-order valence-electron chi connectivity index (χ2n) is 6.29. The van der Waals surface area contributed by atoms with Crippen LogP contribution in [0.5, 0.6) is 5.75 Å². The number of hydrogen-bond acceptors (Lipinski definition) is 4. The average Bonchev–Trinajstić information content (AvgIpc) is 2.72. The van der Waals surface area contributed by atoms with Crippen LogP contribution in [0.15, 0.2) is 48.7 Å². The molecule has 1 aliphatic heterocycles. The number of halogens is 3. The first-order valence-corrected chi connectivity index (χ1v) is 8.76. The summed E-state index contributed by atoms with van der Waals surface area (Å²) >= 11 is 0. The fourth-order valence-electron chi connectivity index (χ4n) is 2.97. The molecule has 8 heteroatoms. The molecule has 1 fully saturated rings. The van der Waals surface area contributed by atoms with Crippen LogP contribution in [0, 0.1) is 0 Å². The maximum atomic E-state index is 12.6. The van der Waals surface area contributed by atoms with Crippen LogP contribution in [0.3, 0.4) is 0 Å². The summed E-state index contributed by atoms with van der Waals surface area (Å²) in [6.45, 7) is 1.95. The summed E-state index contributed by atoms with van der Waals surface area (Å²) in [6.07, 6.45) is -0.345. The number of aromatic nitrogens is 1. The van der Waals surface area contributed by atoms with Crippen molar-refractivity contribution in [1.29, 1.82) is 0 Å². The van der Waals surface area contributed by atoms with E-state index in [1.807, 2.05) is 29.2 Å². The number of hydrogen-bond donors (Lipinski definition) is 0. The SMILES string of the molecule is COc1ccccc1/C=C/C(=O)N1CCN(c2ccc(C(F)(F)F)cn2)CC1. The molecular formula is C20H20F3N3O2. The molecule has 28 heavy (non-hydrogen) atoms. The highest BCUT2D eigenvalue weighted by Gasteiger charge is 2.31. The molecule has 1 amide bonds. The standard InChI is InChI=1S/C20H20F3N3O2/c1-28-17-5-3-2-4-15(17)6-9-19(27)26-12-10-25(11-13-26)18-8-7-16(14-24-18)20(21,22)23/h2-9,14H,10-13H2,1H3/b9-6+. The molecular weight excluding hydrogens is 371 g/mol. The van der Waals surface area contributed by atoms with Gasteiger partial charge in [-0.3, -0.25) is 4.79 Å². The monoisotopic (exact) mass is 391 g/mol. The van der Waals surface area contributed by atoms with Crippen LogP contribution in [-0.4, -0.2) is 49.1 Å². The Bertz CT molecular complexity index is 843. The minimum absolute atomic E-state index is 0.120. The van der Waals surface area contributed by atoms with Gasteiger partial charge in [-0.15, -0.1) is 0 Å². The Hall–Kier alpha value is -3.03. The predicted octanol–water partition coefficient (Wildman–Crippen LogP) is 3.47. The van der Waals surface area contributed by atoms with Crippen LogP contribution in [0.2, 0.25) is 0 Å². The van der Waals surface area contributed by atoms with Crippen molar-refractivity contribution in [1.82, 2.24) is 9.88 Å². The Labute approximate surface area is 161 Å². The summed E-state index contributed by atoms with van der Waals surface area (Å²) in [4.78, 5) is 19.9. The van der Waals surface area contributed by atoms with Crippen molar-refractivity contribution in [2.45, 2.75) is 6.18 Å². The topological polar surface area (TPSA) is 45.7 Å². The molecule has 1 aromatic heterocycles. The Morgan fingerprint density at radius 2 is 1.82 bits per heavy atom. The molecule has 0 atom stereocenters. The number of ether oxygens (including phenoxy) is 1. The fourth-order valence-corrected chi connectivity index (χ4v) is 2.97. The highest BCUT2D eigenvalue weighted by Crippen LogP contribution is 2.29. The highest BCUT2D eigenvalue weighted by molar-refractivity contribution is 5.92. The van der Waals surface area contributed by atoms with Gasteiger partial charge in [-0.1, -0.05) is 18.2 Å². The van der Waals surface area contributed by atoms with Gasteiger partial charge in [-0.2, -0.15) is 13.2 Å². The lowest BCUT2D eigenvalue weighted by Crippen LogP contribution is -2.48. The smallest absolute Gasteiger partial charge is 0.417 e. The zero-order chi connectivity index (χ0) is 20.1. The lowest BCUT2D eigenvalue weighted by atomic mass is 10.2. The van der Waals surface area contributed by atoms with Crippen molar-refractivity contribution in [3.8, 4) is 5.75 Å². The summed E-state index contributed by atoms with van der Waals surface area (Å²) in [5.74, 6) is 1.04. The first-order valence-electron chi connectivity index (χ1n) is 8.76. The van der Waals surface area contributed by atoms with Gasteiger partial charge in [0.15, 0.2) is 0 Å². The van der Waals surface area contributed by atoms with Crippen molar-refractivity contribution in [2.24, 2.45) is 0 Å². The van der Waals surface area contributed by atoms with E-state index >= 15 is 0 Å². The predicted molar refractivity (Wildman–Crippen MR) is 100 cm³/mol. The van der Waals surface area contributed by atoms with Crippen LogP contribution < -0.4 is 9.64 Å². The van der Waals surface area contributed by atoms with Gasteiger partial charge in [0.25, 0.3) is 0 Å². The number of methoxy groups -OCH3 is 1. The number of rotatable bonds is 4. The molecule has 1 aromatic carbocycles. The summed E-state index contributed by atoms with van der Waals surface area (Å²) < 4.78 is 43.2. The number of piperazine rings is 1. The van der Waals surface area contributed by atoms with Crippen LogP contribution in [0.25, 0.3) is 6.08 Å². The number of anilines is 1. The largest absolute Gasteiger partial charge is 0.496 e. The van der Waals surface area contributed by atoms with Crippen molar-refractivity contribution in [2.75, 3.05) is 38.2 Å². The Morgan fingerprint density at radius 1 is 1.11 bits per heavy atom. The molecule has 0 unspecified atom stereocenters. The van der Waals surface area contributed by atoms with Gasteiger partial charge in [-0.05, 0) is 24.3 Å². The van der Waals surface area contributed by atoms with Gasteiger partial charge >= 0.3 is 6.18 Å². The van der Waals surface area contributed by atoms with E-state index in [1.54, 1.807) is 18.1 Å². The number of alkyl halides is 3. The number of benzene rings is 1. The van der Waals surface area contributed by atoms with Crippen LogP contribution in [0.4, 0.5) is 19.0 Å². The van der Waals surface area contributed by atoms with Gasteiger partial charge in [0, 0.05) is 44.0 Å². The van der Waals surface area contributed by atoms with E-state index in [0.29, 0.717) is 37.7 Å². The number of carbonyl (C=O) groups is 1. The molecule has 0 spiro atoms. The number of nitrogens with zero attached hydrogens (tertiary/aromatic N) is 3. The summed E-state index contributed by atoms with van der Waals surface area (Å²) in [5.41, 5.74) is 0.0393. The van der Waals surface area contributed by atoms with E-state index in [1.165, 1.54) is 12.1 Å². The second kappa shape index (κ2) is 8.33. The molecule has 1 aliphatic rings. The highest BCUT2D eigenvalue weighted by atomic mass is 19.4. The zero-order valence-corrected chi connectivity index (χ0v) is 15.3. The Balaban J connectivity index is 1.57. The van der Waals surface area contributed by atoms with Gasteiger partial charge in [0.2, 0.25) is 5.91 Å². The molecule has 0 N–H and O–H groups in total. The molecule has 2 heterocycles. The van der Waals surface area contributed by atoms with Crippen molar-refractivity contribution >= 4 is 17.8 Å².